The SMILES string of the molecule is c1ccc(-c2cccc(-c3nc(-c4ccccc4-c4ccccc4)nc(-c4cccc5oc6ccc(-c7cccc8c7-c7ccccc7C87c8ccccc8-c8ccccc87)cc6c45)n3)c2)cc1. The molecule has 2 heterocycles. The fraction of sp³-hybridized carbons (Fsp3) is 0.0156. The Morgan fingerprint density at radius 3 is 1.51 bits per heavy atom. The third-order valence-electron chi connectivity index (χ3n) is 14.2. The summed E-state index contributed by atoms with van der Waals surface area (Å²) in [6.07, 6.45) is 0. The first-order chi connectivity index (χ1) is 33.7. The van der Waals surface area contributed by atoms with Crippen molar-refractivity contribution in [3.05, 3.63) is 259 Å². The van der Waals surface area contributed by atoms with E-state index in [0.717, 1.165) is 66.4 Å². The number of rotatable bonds is 6. The van der Waals surface area contributed by atoms with Crippen LogP contribution in [0.5, 0.6) is 0 Å². The van der Waals surface area contributed by atoms with Crippen LogP contribution in [0.15, 0.2) is 241 Å². The summed E-state index contributed by atoms with van der Waals surface area (Å²) < 4.78 is 6.71. The highest BCUT2D eigenvalue weighted by atomic mass is 16.3. The Kier molecular flexibility index (Phi) is 8.46. The van der Waals surface area contributed by atoms with Gasteiger partial charge in [-0.1, -0.05) is 212 Å². The number of nitrogens with zero attached hydrogens (tertiary/aromatic N) is 3. The van der Waals surface area contributed by atoms with E-state index in [1.807, 2.05) is 24.3 Å². The van der Waals surface area contributed by atoms with Gasteiger partial charge >= 0.3 is 0 Å². The minimum atomic E-state index is -0.428. The van der Waals surface area contributed by atoms with E-state index in [1.54, 1.807) is 0 Å². The van der Waals surface area contributed by atoms with Crippen molar-refractivity contribution in [1.82, 2.24) is 15.0 Å². The zero-order chi connectivity index (χ0) is 44.8. The van der Waals surface area contributed by atoms with Crippen molar-refractivity contribution in [2.24, 2.45) is 0 Å². The van der Waals surface area contributed by atoms with Crippen molar-refractivity contribution in [3.63, 3.8) is 0 Å². The van der Waals surface area contributed by atoms with Crippen LogP contribution in [-0.2, 0) is 5.41 Å². The summed E-state index contributed by atoms with van der Waals surface area (Å²) in [4.78, 5) is 16.0. The van der Waals surface area contributed by atoms with Gasteiger partial charge in [0.05, 0.1) is 5.41 Å². The first-order valence-electron chi connectivity index (χ1n) is 23.2. The lowest BCUT2D eigenvalue weighted by molar-refractivity contribution is 0.669. The van der Waals surface area contributed by atoms with Crippen LogP contribution >= 0.6 is 0 Å². The van der Waals surface area contributed by atoms with Crippen LogP contribution < -0.4 is 0 Å². The van der Waals surface area contributed by atoms with Crippen LogP contribution in [0.1, 0.15) is 22.3 Å². The highest BCUT2D eigenvalue weighted by molar-refractivity contribution is 6.13. The van der Waals surface area contributed by atoms with Gasteiger partial charge in [0.1, 0.15) is 11.2 Å². The Labute approximate surface area is 393 Å². The Balaban J connectivity index is 0.980. The molecule has 0 bridgehead atoms. The highest BCUT2D eigenvalue weighted by Crippen LogP contribution is 2.64. The summed E-state index contributed by atoms with van der Waals surface area (Å²) in [5.74, 6) is 1.77. The number of fused-ring (bicyclic) bond motifs is 13. The molecule has 68 heavy (non-hydrogen) atoms. The zero-order valence-corrected chi connectivity index (χ0v) is 36.8. The largest absolute Gasteiger partial charge is 0.456 e. The molecule has 0 saturated carbocycles. The van der Waals surface area contributed by atoms with Gasteiger partial charge in [0.15, 0.2) is 17.5 Å². The smallest absolute Gasteiger partial charge is 0.164 e. The second kappa shape index (κ2) is 15.0. The van der Waals surface area contributed by atoms with E-state index in [2.05, 4.69) is 212 Å². The summed E-state index contributed by atoms with van der Waals surface area (Å²) in [6.45, 7) is 0. The van der Waals surface area contributed by atoms with E-state index in [0.29, 0.717) is 17.5 Å². The summed E-state index contributed by atoms with van der Waals surface area (Å²) in [6, 6.07) is 84.4. The van der Waals surface area contributed by atoms with E-state index in [1.165, 1.54) is 50.1 Å². The normalized spacial score (nSPS) is 12.8. The molecule has 0 atom stereocenters. The van der Waals surface area contributed by atoms with Gasteiger partial charge in [-0.15, -0.1) is 0 Å². The van der Waals surface area contributed by atoms with Gasteiger partial charge in [0.2, 0.25) is 0 Å². The fourth-order valence-corrected chi connectivity index (χ4v) is 11.3. The van der Waals surface area contributed by atoms with Gasteiger partial charge in [0.25, 0.3) is 0 Å². The number of benzene rings is 10. The number of hydrogen-bond donors (Lipinski definition) is 0. The number of aromatic nitrogens is 3. The second-order valence-electron chi connectivity index (χ2n) is 17.8. The molecule has 316 valence electrons. The molecule has 0 saturated heterocycles. The topological polar surface area (TPSA) is 51.8 Å². The minimum Gasteiger partial charge on any atom is -0.456 e. The molecule has 2 aliphatic rings. The van der Waals surface area contributed by atoms with Crippen molar-refractivity contribution in [2.45, 2.75) is 5.41 Å². The first-order valence-corrected chi connectivity index (χ1v) is 23.2. The molecule has 0 amide bonds. The molecule has 12 aromatic rings. The van der Waals surface area contributed by atoms with Gasteiger partial charge in [-0.2, -0.15) is 0 Å². The van der Waals surface area contributed by atoms with Crippen LogP contribution in [0, 0.1) is 0 Å². The van der Waals surface area contributed by atoms with Crippen LogP contribution in [0.2, 0.25) is 0 Å². The minimum absolute atomic E-state index is 0.428. The molecular weight excluding hydrogens is 827 g/mol. The Morgan fingerprint density at radius 2 is 0.779 bits per heavy atom. The summed E-state index contributed by atoms with van der Waals surface area (Å²) >= 11 is 0. The van der Waals surface area contributed by atoms with Crippen molar-refractivity contribution >= 4 is 21.9 Å². The van der Waals surface area contributed by atoms with Crippen LogP contribution in [-0.4, -0.2) is 15.0 Å². The number of hydrogen-bond acceptors (Lipinski definition) is 4. The molecule has 10 aromatic carbocycles. The lowest BCUT2D eigenvalue weighted by atomic mass is 9.70. The van der Waals surface area contributed by atoms with Crippen molar-refractivity contribution in [3.8, 4) is 89.8 Å². The molecule has 1 spiro atoms. The van der Waals surface area contributed by atoms with Crippen molar-refractivity contribution in [1.29, 1.82) is 0 Å². The fourth-order valence-electron chi connectivity index (χ4n) is 11.3. The molecule has 0 radical (unpaired) electrons. The van der Waals surface area contributed by atoms with E-state index < -0.39 is 5.41 Å². The van der Waals surface area contributed by atoms with E-state index >= 15 is 0 Å². The summed E-state index contributed by atoms with van der Waals surface area (Å²) in [5, 5.41) is 1.97. The molecule has 0 N–H and O–H groups in total. The number of furan rings is 1. The maximum Gasteiger partial charge on any atom is 0.164 e. The summed E-state index contributed by atoms with van der Waals surface area (Å²) in [7, 11) is 0. The Morgan fingerprint density at radius 1 is 0.279 bits per heavy atom. The lowest BCUT2D eigenvalue weighted by Crippen LogP contribution is -2.25. The average Bonchev–Trinajstić information content (AvgIpc) is 4.05. The van der Waals surface area contributed by atoms with E-state index in [4.69, 9.17) is 19.4 Å². The molecule has 0 aliphatic heterocycles. The van der Waals surface area contributed by atoms with Crippen LogP contribution in [0.4, 0.5) is 0 Å². The average molecular weight is 866 g/mol. The standard InChI is InChI=1S/C64H39N3O/c1-3-18-40(19-4-1)42-22-15-23-44(38-42)61-65-62(49-27-8-7-24-45(49)41-20-5-2-6-21-41)67-63(66-61)51-30-17-35-58-60(51)52-39-43(36-37-57(52)68-58)46-29-16-34-56-59(46)50-28-11-14-33-55(50)64(56)53-31-12-9-25-47(53)48-26-10-13-32-54(48)64/h1-39H. The predicted molar refractivity (Wildman–Crippen MR) is 276 cm³/mol. The van der Waals surface area contributed by atoms with Gasteiger partial charge in [-0.3, -0.25) is 0 Å². The molecule has 2 aliphatic carbocycles. The quantitative estimate of drug-likeness (QED) is 0.167. The molecule has 0 unspecified atom stereocenters. The van der Waals surface area contributed by atoms with Crippen LogP contribution in [0.3, 0.4) is 0 Å². The summed E-state index contributed by atoms with van der Waals surface area (Å²) in [5.41, 5.74) is 20.9. The van der Waals surface area contributed by atoms with Crippen molar-refractivity contribution < 1.29 is 4.42 Å². The first kappa shape index (κ1) is 38.3. The van der Waals surface area contributed by atoms with E-state index in [9.17, 15) is 0 Å². The second-order valence-corrected chi connectivity index (χ2v) is 17.8. The molecule has 2 aromatic heterocycles. The van der Waals surface area contributed by atoms with E-state index in [-0.39, 0.29) is 0 Å². The van der Waals surface area contributed by atoms with Gasteiger partial charge in [-0.25, -0.2) is 15.0 Å². The maximum absolute atomic E-state index is 6.71. The molecule has 4 heteroatoms. The van der Waals surface area contributed by atoms with Crippen molar-refractivity contribution in [2.75, 3.05) is 0 Å². The lowest BCUT2D eigenvalue weighted by Gasteiger charge is -2.30. The molecular formula is C64H39N3O. The van der Waals surface area contributed by atoms with Crippen LogP contribution in [0.25, 0.3) is 112 Å². The van der Waals surface area contributed by atoms with Gasteiger partial charge < -0.3 is 4.42 Å². The predicted octanol–water partition coefficient (Wildman–Crippen LogP) is 16.1. The van der Waals surface area contributed by atoms with Gasteiger partial charge in [0, 0.05) is 27.5 Å². The highest BCUT2D eigenvalue weighted by Gasteiger charge is 2.52. The van der Waals surface area contributed by atoms with Gasteiger partial charge in [-0.05, 0) is 102 Å². The molecule has 4 nitrogen and oxygen atoms in total. The maximum atomic E-state index is 6.71. The Hall–Kier alpha value is -8.99. The monoisotopic (exact) mass is 865 g/mol. The third kappa shape index (κ3) is 5.64. The molecule has 0 fully saturated rings. The Bertz CT molecular complexity index is 3940. The zero-order valence-electron chi connectivity index (χ0n) is 36.8. The third-order valence-corrected chi connectivity index (χ3v) is 14.2. The molecule has 14 rings (SSSR count).